The van der Waals surface area contributed by atoms with Crippen LogP contribution in [-0.4, -0.2) is 46.5 Å². The van der Waals surface area contributed by atoms with Gasteiger partial charge in [0, 0.05) is 53.1 Å². The van der Waals surface area contributed by atoms with Crippen LogP contribution in [0.15, 0.2) is 99.6 Å². The predicted octanol–water partition coefficient (Wildman–Crippen LogP) is 6.87. The highest BCUT2D eigenvalue weighted by Gasteiger charge is 2.29. The number of nitrogens with zero attached hydrogens (tertiary/aromatic N) is 2. The van der Waals surface area contributed by atoms with Crippen molar-refractivity contribution >= 4 is 38.9 Å². The van der Waals surface area contributed by atoms with Gasteiger partial charge < -0.3 is 19.3 Å². The molecule has 2 aliphatic rings. The monoisotopic (exact) mass is 571 g/mol. The summed E-state index contributed by atoms with van der Waals surface area (Å²) in [5.41, 5.74) is 5.72. The van der Waals surface area contributed by atoms with E-state index in [1.54, 1.807) is 36.0 Å². The molecule has 2 aliphatic heterocycles. The molecule has 1 saturated heterocycles. The molecule has 1 unspecified atom stereocenters. The lowest BCUT2D eigenvalue weighted by atomic mass is 9.91. The fraction of sp³-hybridized carbons (Fsp3) is 0.250. The van der Waals surface area contributed by atoms with Gasteiger partial charge in [-0.3, -0.25) is 0 Å². The van der Waals surface area contributed by atoms with Crippen molar-refractivity contribution in [1.82, 2.24) is 4.90 Å². The first-order chi connectivity index (χ1) is 19.3. The van der Waals surface area contributed by atoms with Crippen LogP contribution in [0.3, 0.4) is 0 Å². The summed E-state index contributed by atoms with van der Waals surface area (Å²) in [6.07, 6.45) is 0. The van der Waals surface area contributed by atoms with Gasteiger partial charge in [-0.2, -0.15) is 8.42 Å². The minimum absolute atomic E-state index is 0.0981. The van der Waals surface area contributed by atoms with E-state index in [4.69, 9.17) is 4.18 Å². The van der Waals surface area contributed by atoms with Crippen LogP contribution in [0.4, 0.5) is 17.1 Å². The van der Waals surface area contributed by atoms with Crippen LogP contribution < -0.4 is 14.4 Å². The Balaban J connectivity index is 1.37. The number of likely N-dealkylation sites (N-methyl/N-ethyl adjacent to an activating group) is 1. The van der Waals surface area contributed by atoms with Crippen molar-refractivity contribution < 1.29 is 12.6 Å². The highest BCUT2D eigenvalue weighted by atomic mass is 32.2. The van der Waals surface area contributed by atoms with Gasteiger partial charge in [-0.05, 0) is 62.0 Å². The first-order valence-electron chi connectivity index (χ1n) is 13.5. The van der Waals surface area contributed by atoms with Gasteiger partial charge in [0.2, 0.25) is 0 Å². The molecule has 0 aliphatic carbocycles. The van der Waals surface area contributed by atoms with Crippen LogP contribution in [0.2, 0.25) is 0 Å². The summed E-state index contributed by atoms with van der Waals surface area (Å²) in [6, 6.07) is 27.5. The van der Waals surface area contributed by atoms with Crippen LogP contribution in [-0.2, 0) is 10.1 Å². The molecule has 1 fully saturated rings. The Labute approximate surface area is 241 Å². The Hall–Kier alpha value is -3.46. The first-order valence-corrected chi connectivity index (χ1v) is 15.8. The number of piperazine rings is 1. The third kappa shape index (κ3) is 5.31. The molecule has 8 heteroatoms. The third-order valence-electron chi connectivity index (χ3n) is 7.75. The van der Waals surface area contributed by atoms with Crippen molar-refractivity contribution in [2.45, 2.75) is 34.5 Å². The molecule has 6 nitrogen and oxygen atoms in total. The number of hydrogen-bond donors (Lipinski definition) is 1. The van der Waals surface area contributed by atoms with E-state index >= 15 is 0 Å². The van der Waals surface area contributed by atoms with Crippen LogP contribution in [0.25, 0.3) is 0 Å². The second-order valence-electron chi connectivity index (χ2n) is 10.5. The molecule has 206 valence electrons. The van der Waals surface area contributed by atoms with Gasteiger partial charge in [0.1, 0.15) is 4.90 Å². The van der Waals surface area contributed by atoms with E-state index in [9.17, 15) is 8.42 Å². The Morgan fingerprint density at radius 3 is 2.27 bits per heavy atom. The largest absolute Gasteiger partial charge is 0.376 e. The Bertz CT molecular complexity index is 1630. The second kappa shape index (κ2) is 10.8. The van der Waals surface area contributed by atoms with Crippen LogP contribution in [0.5, 0.6) is 5.75 Å². The summed E-state index contributed by atoms with van der Waals surface area (Å²) in [5.74, 6) is 0.245. The Kier molecular flexibility index (Phi) is 7.25. The highest BCUT2D eigenvalue weighted by Crippen LogP contribution is 2.51. The molecule has 6 rings (SSSR count). The smallest absolute Gasteiger partial charge is 0.339 e. The van der Waals surface area contributed by atoms with Crippen molar-refractivity contribution in [3.05, 3.63) is 102 Å². The van der Waals surface area contributed by atoms with Gasteiger partial charge in [0.15, 0.2) is 5.75 Å². The average Bonchev–Trinajstić information content (AvgIpc) is 2.97. The topological polar surface area (TPSA) is 61.9 Å². The number of anilines is 3. The maximum Gasteiger partial charge on any atom is 0.339 e. The molecule has 0 spiro atoms. The van der Waals surface area contributed by atoms with Crippen molar-refractivity contribution in [2.75, 3.05) is 43.4 Å². The maximum atomic E-state index is 13.5. The minimum Gasteiger partial charge on any atom is -0.376 e. The zero-order valence-corrected chi connectivity index (χ0v) is 24.6. The number of fused-ring (bicyclic) bond motifs is 2. The van der Waals surface area contributed by atoms with E-state index in [0.29, 0.717) is 11.4 Å². The lowest BCUT2D eigenvalue weighted by Gasteiger charge is -2.34. The molecule has 40 heavy (non-hydrogen) atoms. The Morgan fingerprint density at radius 1 is 0.850 bits per heavy atom. The van der Waals surface area contributed by atoms with E-state index in [1.165, 1.54) is 5.69 Å². The van der Waals surface area contributed by atoms with Gasteiger partial charge in [-0.15, -0.1) is 0 Å². The zero-order valence-electron chi connectivity index (χ0n) is 22.9. The second-order valence-corrected chi connectivity index (χ2v) is 13.2. The van der Waals surface area contributed by atoms with Crippen molar-refractivity contribution in [1.29, 1.82) is 0 Å². The summed E-state index contributed by atoms with van der Waals surface area (Å²) in [7, 11) is -1.91. The van der Waals surface area contributed by atoms with Crippen LogP contribution in [0.1, 0.15) is 29.5 Å². The third-order valence-corrected chi connectivity index (χ3v) is 10.1. The minimum atomic E-state index is -4.06. The number of hydrogen-bond acceptors (Lipinski definition) is 7. The number of rotatable bonds is 6. The molecule has 0 amide bonds. The summed E-state index contributed by atoms with van der Waals surface area (Å²) in [4.78, 5) is 6.90. The van der Waals surface area contributed by atoms with E-state index in [1.807, 2.05) is 31.2 Å². The van der Waals surface area contributed by atoms with E-state index in [2.05, 4.69) is 65.5 Å². The van der Waals surface area contributed by atoms with Crippen LogP contribution in [0, 0.1) is 6.92 Å². The normalized spacial score (nSPS) is 16.0. The molecule has 4 aromatic rings. The molecule has 0 aromatic heterocycles. The summed E-state index contributed by atoms with van der Waals surface area (Å²) < 4.78 is 33.1. The molecular formula is C32H33N3O3S2. The fourth-order valence-corrected chi connectivity index (χ4v) is 7.17. The quantitative estimate of drug-likeness (QED) is 0.223. The SMILES string of the molecule is Cc1ccc(S(=O)(=O)Oc2c(C(C)c3ccc(N4CCN(C)CC4)cc3)ccc3c2Nc2ccccc2S3)cc1. The van der Waals surface area contributed by atoms with Crippen molar-refractivity contribution in [3.63, 3.8) is 0 Å². The number of benzene rings is 4. The van der Waals surface area contributed by atoms with Gasteiger partial charge >= 0.3 is 10.1 Å². The van der Waals surface area contributed by atoms with Crippen molar-refractivity contribution in [3.8, 4) is 5.75 Å². The molecule has 4 aromatic carbocycles. The number of aryl methyl sites for hydroxylation is 1. The molecular weight excluding hydrogens is 539 g/mol. The highest BCUT2D eigenvalue weighted by molar-refractivity contribution is 7.99. The van der Waals surface area contributed by atoms with E-state index in [0.717, 1.165) is 58.3 Å². The van der Waals surface area contributed by atoms with Gasteiger partial charge in [0.05, 0.1) is 11.4 Å². The first kappa shape index (κ1) is 26.7. The Morgan fingerprint density at radius 2 is 1.55 bits per heavy atom. The standard InChI is InChI=1S/C32H33N3O3S2/c1-22-8-14-26(15-9-22)40(36,37)38-32-27(16-17-30-31(32)33-28-6-4-5-7-29(28)39-30)23(2)24-10-12-25(13-11-24)35-20-18-34(3)19-21-35/h4-17,23,33H,18-21H2,1-3H3. The molecule has 0 bridgehead atoms. The maximum absolute atomic E-state index is 13.5. The number of para-hydroxylation sites is 1. The fourth-order valence-electron chi connectivity index (χ4n) is 5.21. The summed E-state index contributed by atoms with van der Waals surface area (Å²) in [6.45, 7) is 8.15. The van der Waals surface area contributed by atoms with Crippen molar-refractivity contribution in [2.24, 2.45) is 0 Å². The van der Waals surface area contributed by atoms with E-state index in [-0.39, 0.29) is 10.8 Å². The predicted molar refractivity (Wildman–Crippen MR) is 163 cm³/mol. The molecule has 0 saturated carbocycles. The summed E-state index contributed by atoms with van der Waals surface area (Å²) in [5, 5.41) is 3.47. The zero-order chi connectivity index (χ0) is 27.9. The number of nitrogens with one attached hydrogen (secondary N) is 1. The summed E-state index contributed by atoms with van der Waals surface area (Å²) >= 11 is 1.61. The van der Waals surface area contributed by atoms with Gasteiger partial charge in [0.25, 0.3) is 0 Å². The van der Waals surface area contributed by atoms with Gasteiger partial charge in [-0.25, -0.2) is 0 Å². The lowest BCUT2D eigenvalue weighted by molar-refractivity contribution is 0.313. The lowest BCUT2D eigenvalue weighted by Crippen LogP contribution is -2.44. The van der Waals surface area contributed by atoms with Gasteiger partial charge in [-0.1, -0.05) is 66.7 Å². The van der Waals surface area contributed by atoms with Crippen LogP contribution >= 0.6 is 11.8 Å². The van der Waals surface area contributed by atoms with E-state index < -0.39 is 10.1 Å². The molecule has 2 heterocycles. The average molecular weight is 572 g/mol. The molecule has 0 radical (unpaired) electrons. The molecule has 1 N–H and O–H groups in total. The molecule has 1 atom stereocenters.